The summed E-state index contributed by atoms with van der Waals surface area (Å²) in [6.45, 7) is 0. The molecule has 4 aromatic rings. The molecule has 0 amide bonds. The van der Waals surface area contributed by atoms with Crippen LogP contribution in [0.3, 0.4) is 0 Å². The molecule has 0 saturated heterocycles. The molecule has 0 bridgehead atoms. The molecule has 0 aliphatic rings. The van der Waals surface area contributed by atoms with Crippen LogP contribution in [0, 0.1) is 10.1 Å². The molecule has 0 aromatic heterocycles. The highest BCUT2D eigenvalue weighted by atomic mass is 16.6. The maximum Gasteiger partial charge on any atom is 0.304 e. The van der Waals surface area contributed by atoms with Crippen LogP contribution in [-0.2, 0) is 4.79 Å². The Kier molecular flexibility index (Phi) is 7.83. The van der Waals surface area contributed by atoms with Gasteiger partial charge in [-0.15, -0.1) is 0 Å². The first-order valence-corrected chi connectivity index (χ1v) is 11.7. The van der Waals surface area contributed by atoms with E-state index in [1.54, 1.807) is 26.4 Å². The molecule has 7 nitrogen and oxygen atoms in total. The fourth-order valence-electron chi connectivity index (χ4n) is 4.52. The fourth-order valence-corrected chi connectivity index (χ4v) is 4.52. The summed E-state index contributed by atoms with van der Waals surface area (Å²) in [5.41, 5.74) is 4.70. The number of benzene rings is 4. The van der Waals surface area contributed by atoms with Gasteiger partial charge in [0, 0.05) is 24.0 Å². The fraction of sp³-hybridized carbons (Fsp3) is 0.167. The van der Waals surface area contributed by atoms with E-state index < -0.39 is 16.8 Å². The number of aliphatic carboxylic acids is 1. The van der Waals surface area contributed by atoms with E-state index in [0.717, 1.165) is 33.8 Å². The van der Waals surface area contributed by atoms with Crippen LogP contribution in [0.2, 0.25) is 0 Å². The summed E-state index contributed by atoms with van der Waals surface area (Å²) >= 11 is 0. The molecular weight excluding hydrogens is 470 g/mol. The van der Waals surface area contributed by atoms with Gasteiger partial charge in [-0.1, -0.05) is 60.7 Å². The number of carbonyl (C=O) groups is 1. The number of ether oxygens (including phenoxy) is 2. The summed E-state index contributed by atoms with van der Waals surface area (Å²) in [6.07, 6.45) is -0.127. The Labute approximate surface area is 215 Å². The zero-order chi connectivity index (χ0) is 26.4. The quantitative estimate of drug-likeness (QED) is 0.155. The molecule has 4 aromatic carbocycles. The predicted octanol–water partition coefficient (Wildman–Crippen LogP) is 6.40. The number of hydrogen-bond donors (Lipinski definition) is 1. The highest BCUT2D eigenvalue weighted by molar-refractivity contribution is 5.69. The van der Waals surface area contributed by atoms with Crippen molar-refractivity contribution in [2.45, 2.75) is 18.3 Å². The summed E-state index contributed by atoms with van der Waals surface area (Å²) in [6, 6.07) is 29.8. The van der Waals surface area contributed by atoms with Crippen LogP contribution < -0.4 is 9.47 Å². The van der Waals surface area contributed by atoms with E-state index in [9.17, 15) is 20.0 Å². The molecule has 0 fully saturated rings. The van der Waals surface area contributed by atoms with E-state index in [1.807, 2.05) is 72.8 Å². The third-order valence-corrected chi connectivity index (χ3v) is 6.46. The van der Waals surface area contributed by atoms with Gasteiger partial charge in [0.25, 0.3) is 5.69 Å². The van der Waals surface area contributed by atoms with E-state index in [-0.39, 0.29) is 18.0 Å². The standard InChI is InChI=1S/C30H27NO6/c1-36-26-15-9-23(10-16-26)30(24-11-17-27(37-2)18-12-24)22-5-3-20(4-6-22)28(19-29(32)33)21-7-13-25(14-8-21)31(34)35/h3-18,28,30H,19H2,1-2H3,(H,32,33). The number of methoxy groups -OCH3 is 2. The normalized spacial score (nSPS) is 11.6. The molecule has 188 valence electrons. The molecule has 0 heterocycles. The van der Waals surface area contributed by atoms with Gasteiger partial charge < -0.3 is 14.6 Å². The first-order valence-electron chi connectivity index (χ1n) is 11.7. The molecule has 0 aliphatic heterocycles. The van der Waals surface area contributed by atoms with Gasteiger partial charge in [-0.25, -0.2) is 0 Å². The van der Waals surface area contributed by atoms with E-state index >= 15 is 0 Å². The number of carboxylic acids is 1. The topological polar surface area (TPSA) is 98.9 Å². The number of rotatable bonds is 10. The molecule has 0 radical (unpaired) electrons. The second kappa shape index (κ2) is 11.4. The van der Waals surface area contributed by atoms with Crippen molar-refractivity contribution in [3.8, 4) is 11.5 Å². The summed E-state index contributed by atoms with van der Waals surface area (Å²) in [5.74, 6) is 0.0945. The van der Waals surface area contributed by atoms with Crippen LogP contribution >= 0.6 is 0 Å². The Morgan fingerprint density at radius 1 is 0.703 bits per heavy atom. The Balaban J connectivity index is 1.72. The van der Waals surface area contributed by atoms with E-state index in [0.29, 0.717) is 5.56 Å². The Morgan fingerprint density at radius 2 is 1.05 bits per heavy atom. The van der Waals surface area contributed by atoms with Crippen LogP contribution in [0.4, 0.5) is 5.69 Å². The zero-order valence-electron chi connectivity index (χ0n) is 20.5. The summed E-state index contributed by atoms with van der Waals surface area (Å²) in [7, 11) is 3.26. The SMILES string of the molecule is COc1ccc(C(c2ccc(OC)cc2)c2ccc(C(CC(=O)O)c3ccc([N+](=O)[O-])cc3)cc2)cc1. The lowest BCUT2D eigenvalue weighted by Gasteiger charge is -2.21. The second-order valence-corrected chi connectivity index (χ2v) is 8.65. The number of nitro groups is 1. The van der Waals surface area contributed by atoms with Crippen molar-refractivity contribution in [2.75, 3.05) is 14.2 Å². The maximum atomic E-state index is 11.7. The second-order valence-electron chi connectivity index (χ2n) is 8.65. The van der Waals surface area contributed by atoms with Gasteiger partial charge in [0.05, 0.1) is 25.6 Å². The third kappa shape index (κ3) is 5.95. The monoisotopic (exact) mass is 497 g/mol. The average molecular weight is 498 g/mol. The minimum absolute atomic E-state index is 0.0324. The first-order chi connectivity index (χ1) is 17.9. The van der Waals surface area contributed by atoms with Gasteiger partial charge in [-0.2, -0.15) is 0 Å². The van der Waals surface area contributed by atoms with E-state index in [2.05, 4.69) is 0 Å². The highest BCUT2D eigenvalue weighted by Gasteiger charge is 2.21. The minimum Gasteiger partial charge on any atom is -0.497 e. The number of carboxylic acid groups (broad SMARTS) is 1. The van der Waals surface area contributed by atoms with Gasteiger partial charge >= 0.3 is 5.97 Å². The lowest BCUT2D eigenvalue weighted by molar-refractivity contribution is -0.384. The maximum absolute atomic E-state index is 11.7. The molecule has 37 heavy (non-hydrogen) atoms. The number of hydrogen-bond acceptors (Lipinski definition) is 5. The zero-order valence-corrected chi connectivity index (χ0v) is 20.5. The molecule has 4 rings (SSSR count). The Hall–Kier alpha value is -4.65. The smallest absolute Gasteiger partial charge is 0.304 e. The first kappa shape index (κ1) is 25.4. The number of nitro benzene ring substituents is 1. The molecule has 1 unspecified atom stereocenters. The van der Waals surface area contributed by atoms with Crippen LogP contribution in [0.15, 0.2) is 97.1 Å². The molecule has 1 N–H and O–H groups in total. The highest BCUT2D eigenvalue weighted by Crippen LogP contribution is 2.36. The number of non-ortho nitro benzene ring substituents is 1. The Morgan fingerprint density at radius 3 is 1.41 bits per heavy atom. The van der Waals surface area contributed by atoms with Crippen molar-refractivity contribution in [2.24, 2.45) is 0 Å². The number of nitrogens with zero attached hydrogens (tertiary/aromatic N) is 1. The van der Waals surface area contributed by atoms with E-state index in [1.165, 1.54) is 12.1 Å². The molecule has 1 atom stereocenters. The summed E-state index contributed by atoms with van der Waals surface area (Å²) in [4.78, 5) is 22.2. The van der Waals surface area contributed by atoms with Crippen LogP contribution in [0.25, 0.3) is 0 Å². The van der Waals surface area contributed by atoms with Gasteiger partial charge in [0.15, 0.2) is 0 Å². The Bertz CT molecular complexity index is 1300. The lowest BCUT2D eigenvalue weighted by atomic mass is 9.83. The van der Waals surface area contributed by atoms with Crippen molar-refractivity contribution < 1.29 is 24.3 Å². The minimum atomic E-state index is -0.943. The van der Waals surface area contributed by atoms with Gasteiger partial charge in [0.2, 0.25) is 0 Å². The largest absolute Gasteiger partial charge is 0.497 e. The van der Waals surface area contributed by atoms with Crippen LogP contribution in [0.5, 0.6) is 11.5 Å². The average Bonchev–Trinajstić information content (AvgIpc) is 2.93. The molecule has 0 spiro atoms. The van der Waals surface area contributed by atoms with Crippen molar-refractivity contribution >= 4 is 11.7 Å². The molecule has 0 saturated carbocycles. The van der Waals surface area contributed by atoms with Crippen LogP contribution in [0.1, 0.15) is 46.1 Å². The van der Waals surface area contributed by atoms with Crippen molar-refractivity contribution in [3.63, 3.8) is 0 Å². The molecule has 0 aliphatic carbocycles. The predicted molar refractivity (Wildman–Crippen MR) is 141 cm³/mol. The lowest BCUT2D eigenvalue weighted by Crippen LogP contribution is -2.09. The van der Waals surface area contributed by atoms with Crippen LogP contribution in [-0.4, -0.2) is 30.2 Å². The van der Waals surface area contributed by atoms with Crippen molar-refractivity contribution in [3.05, 3.63) is 135 Å². The van der Waals surface area contributed by atoms with Gasteiger partial charge in [0.1, 0.15) is 11.5 Å². The molecular formula is C30H27NO6. The van der Waals surface area contributed by atoms with Gasteiger partial charge in [-0.05, 0) is 52.1 Å². The van der Waals surface area contributed by atoms with Crippen molar-refractivity contribution in [1.82, 2.24) is 0 Å². The summed E-state index contributed by atoms with van der Waals surface area (Å²) in [5, 5.41) is 20.6. The van der Waals surface area contributed by atoms with E-state index in [4.69, 9.17) is 9.47 Å². The van der Waals surface area contributed by atoms with Crippen molar-refractivity contribution in [1.29, 1.82) is 0 Å². The van der Waals surface area contributed by atoms with Gasteiger partial charge in [-0.3, -0.25) is 14.9 Å². The summed E-state index contributed by atoms with van der Waals surface area (Å²) < 4.78 is 10.7. The third-order valence-electron chi connectivity index (χ3n) is 6.46. The molecule has 7 heteroatoms.